The van der Waals surface area contributed by atoms with Crippen molar-refractivity contribution in [3.05, 3.63) is 76.0 Å². The minimum absolute atomic E-state index is 0.370. The highest BCUT2D eigenvalue weighted by atomic mass is 32.1. The van der Waals surface area contributed by atoms with E-state index in [1.165, 1.54) is 24.0 Å². The first kappa shape index (κ1) is 17.7. The largest absolute Gasteiger partial charge is 0.493 e. The van der Waals surface area contributed by atoms with Gasteiger partial charge in [-0.2, -0.15) is 5.10 Å². The molecule has 0 radical (unpaired) electrons. The lowest BCUT2D eigenvalue weighted by molar-refractivity contribution is 0.0735. The lowest BCUT2D eigenvalue weighted by Crippen LogP contribution is -2.07. The molecule has 1 N–H and O–H groups in total. The van der Waals surface area contributed by atoms with Gasteiger partial charge in [0.15, 0.2) is 11.5 Å². The highest BCUT2D eigenvalue weighted by molar-refractivity contribution is 7.12. The first-order chi connectivity index (χ1) is 12.7. The number of ether oxygens (including phenoxy) is 2. The molecule has 0 atom stereocenters. The molecule has 0 aliphatic rings. The van der Waals surface area contributed by atoms with Crippen LogP contribution in [0.15, 0.2) is 65.1 Å². The normalized spacial score (nSPS) is 10.7. The van der Waals surface area contributed by atoms with E-state index >= 15 is 0 Å². The van der Waals surface area contributed by atoms with E-state index in [4.69, 9.17) is 9.47 Å². The molecule has 1 heterocycles. The van der Waals surface area contributed by atoms with Crippen molar-refractivity contribution in [2.75, 3.05) is 12.5 Å². The van der Waals surface area contributed by atoms with E-state index in [1.54, 1.807) is 36.5 Å². The van der Waals surface area contributed by atoms with Crippen LogP contribution >= 0.6 is 11.3 Å². The Kier molecular flexibility index (Phi) is 5.66. The van der Waals surface area contributed by atoms with Crippen LogP contribution in [-0.4, -0.2) is 19.3 Å². The van der Waals surface area contributed by atoms with Gasteiger partial charge in [0.25, 0.3) is 0 Å². The Morgan fingerprint density at radius 2 is 1.92 bits per heavy atom. The van der Waals surface area contributed by atoms with Crippen molar-refractivity contribution < 1.29 is 14.3 Å². The first-order valence-electron chi connectivity index (χ1n) is 7.95. The Labute approximate surface area is 155 Å². The Hall–Kier alpha value is -3.12. The average molecular weight is 366 g/mol. The molecule has 2 aromatic carbocycles. The summed E-state index contributed by atoms with van der Waals surface area (Å²) in [6, 6.07) is 16.7. The van der Waals surface area contributed by atoms with Gasteiger partial charge in [0.2, 0.25) is 0 Å². The molecule has 5 nitrogen and oxygen atoms in total. The zero-order valence-electron chi connectivity index (χ0n) is 14.4. The number of carbonyl (C=O) groups excluding carboxylic acids is 1. The van der Waals surface area contributed by atoms with Crippen molar-refractivity contribution in [2.24, 2.45) is 5.10 Å². The number of benzene rings is 2. The second-order valence-electron chi connectivity index (χ2n) is 5.51. The third-order valence-electron chi connectivity index (χ3n) is 3.57. The molecule has 26 heavy (non-hydrogen) atoms. The number of nitrogens with one attached hydrogen (secondary N) is 1. The fourth-order valence-corrected chi connectivity index (χ4v) is 2.80. The zero-order valence-corrected chi connectivity index (χ0v) is 15.2. The third-order valence-corrected chi connectivity index (χ3v) is 4.42. The van der Waals surface area contributed by atoms with E-state index < -0.39 is 5.97 Å². The van der Waals surface area contributed by atoms with Gasteiger partial charge in [-0.1, -0.05) is 23.8 Å². The quantitative estimate of drug-likeness (QED) is 0.296. The number of methoxy groups -OCH3 is 1. The molecular formula is C20H18N2O3S. The van der Waals surface area contributed by atoms with Gasteiger partial charge >= 0.3 is 5.97 Å². The Morgan fingerprint density at radius 1 is 1.12 bits per heavy atom. The highest BCUT2D eigenvalue weighted by Crippen LogP contribution is 2.28. The third kappa shape index (κ3) is 4.49. The monoisotopic (exact) mass is 366 g/mol. The fraction of sp³-hybridized carbons (Fsp3) is 0.100. The van der Waals surface area contributed by atoms with E-state index in [-0.39, 0.29) is 0 Å². The maximum atomic E-state index is 12.1. The molecule has 3 aromatic rings. The van der Waals surface area contributed by atoms with Crippen LogP contribution in [0.3, 0.4) is 0 Å². The molecule has 132 valence electrons. The predicted molar refractivity (Wildman–Crippen MR) is 105 cm³/mol. The molecule has 3 rings (SSSR count). The van der Waals surface area contributed by atoms with E-state index in [0.717, 1.165) is 11.3 Å². The summed E-state index contributed by atoms with van der Waals surface area (Å²) in [6.45, 7) is 2.03. The number of thiophene rings is 1. The van der Waals surface area contributed by atoms with Crippen LogP contribution in [-0.2, 0) is 0 Å². The number of hydrogen-bond acceptors (Lipinski definition) is 6. The van der Waals surface area contributed by atoms with E-state index in [1.807, 2.05) is 36.6 Å². The lowest BCUT2D eigenvalue weighted by Gasteiger charge is -2.09. The van der Waals surface area contributed by atoms with Gasteiger partial charge in [0, 0.05) is 0 Å². The summed E-state index contributed by atoms with van der Waals surface area (Å²) >= 11 is 1.33. The van der Waals surface area contributed by atoms with Crippen molar-refractivity contribution in [3.8, 4) is 11.5 Å². The molecule has 0 amide bonds. The van der Waals surface area contributed by atoms with Gasteiger partial charge in [0.1, 0.15) is 4.88 Å². The highest BCUT2D eigenvalue weighted by Gasteiger charge is 2.13. The fourth-order valence-electron chi connectivity index (χ4n) is 2.20. The minimum Gasteiger partial charge on any atom is -0.493 e. The molecule has 0 spiro atoms. The van der Waals surface area contributed by atoms with Crippen LogP contribution in [0.4, 0.5) is 5.69 Å². The van der Waals surface area contributed by atoms with Crippen molar-refractivity contribution in [3.63, 3.8) is 0 Å². The van der Waals surface area contributed by atoms with Crippen molar-refractivity contribution in [1.82, 2.24) is 0 Å². The molecule has 6 heteroatoms. The number of anilines is 1. The maximum absolute atomic E-state index is 12.1. The van der Waals surface area contributed by atoms with Gasteiger partial charge in [-0.3, -0.25) is 5.43 Å². The standard InChI is InChI=1S/C20H18N2O3S/c1-14-5-8-16(9-6-14)22-21-13-15-7-10-17(18(12-15)24-2)25-20(23)19-4-3-11-26-19/h3-13,22H,1-2H3/b21-13-. The maximum Gasteiger partial charge on any atom is 0.353 e. The molecule has 0 unspecified atom stereocenters. The number of carbonyl (C=O) groups is 1. The molecule has 1 aromatic heterocycles. The summed E-state index contributed by atoms with van der Waals surface area (Å²) < 4.78 is 10.7. The summed E-state index contributed by atoms with van der Waals surface area (Å²) in [5.41, 5.74) is 5.88. The molecule has 0 aliphatic carbocycles. The van der Waals surface area contributed by atoms with E-state index in [9.17, 15) is 4.79 Å². The van der Waals surface area contributed by atoms with Gasteiger partial charge in [-0.05, 0) is 54.3 Å². The molecule has 0 saturated carbocycles. The summed E-state index contributed by atoms with van der Waals surface area (Å²) in [6.07, 6.45) is 1.67. The second kappa shape index (κ2) is 8.31. The molecule has 0 bridgehead atoms. The van der Waals surface area contributed by atoms with Gasteiger partial charge < -0.3 is 9.47 Å². The van der Waals surface area contributed by atoms with Gasteiger partial charge in [0.05, 0.1) is 19.0 Å². The number of rotatable bonds is 6. The zero-order chi connectivity index (χ0) is 18.4. The van der Waals surface area contributed by atoms with Crippen LogP contribution < -0.4 is 14.9 Å². The van der Waals surface area contributed by atoms with Crippen molar-refractivity contribution in [1.29, 1.82) is 0 Å². The number of hydrogen-bond donors (Lipinski definition) is 1. The van der Waals surface area contributed by atoms with Crippen LogP contribution in [0.2, 0.25) is 0 Å². The average Bonchev–Trinajstić information content (AvgIpc) is 3.19. The van der Waals surface area contributed by atoms with Crippen molar-refractivity contribution >= 4 is 29.2 Å². The summed E-state index contributed by atoms with van der Waals surface area (Å²) in [7, 11) is 1.53. The summed E-state index contributed by atoms with van der Waals surface area (Å²) in [5.74, 6) is 0.435. The molecule has 0 saturated heterocycles. The van der Waals surface area contributed by atoms with E-state index in [0.29, 0.717) is 16.4 Å². The number of hydrazone groups is 1. The SMILES string of the molecule is COc1cc(/C=N\Nc2ccc(C)cc2)ccc1OC(=O)c1cccs1. The van der Waals surface area contributed by atoms with Gasteiger partial charge in [-0.15, -0.1) is 11.3 Å². The van der Waals surface area contributed by atoms with Crippen LogP contribution in [0, 0.1) is 6.92 Å². The Balaban J connectivity index is 1.68. The molecular weight excluding hydrogens is 348 g/mol. The van der Waals surface area contributed by atoms with Crippen molar-refractivity contribution in [2.45, 2.75) is 6.92 Å². The first-order valence-corrected chi connectivity index (χ1v) is 8.83. The summed E-state index contributed by atoms with van der Waals surface area (Å²) in [5, 5.41) is 6.04. The van der Waals surface area contributed by atoms with Crippen LogP contribution in [0.5, 0.6) is 11.5 Å². The Bertz CT molecular complexity index is 903. The van der Waals surface area contributed by atoms with Gasteiger partial charge in [-0.25, -0.2) is 4.79 Å². The molecule has 0 aliphatic heterocycles. The van der Waals surface area contributed by atoms with Crippen LogP contribution in [0.1, 0.15) is 20.8 Å². The minimum atomic E-state index is -0.402. The topological polar surface area (TPSA) is 59.9 Å². The second-order valence-corrected chi connectivity index (χ2v) is 6.46. The van der Waals surface area contributed by atoms with Crippen LogP contribution in [0.25, 0.3) is 0 Å². The number of esters is 1. The number of aryl methyl sites for hydroxylation is 1. The smallest absolute Gasteiger partial charge is 0.353 e. The predicted octanol–water partition coefficient (Wildman–Crippen LogP) is 4.73. The Morgan fingerprint density at radius 3 is 2.62 bits per heavy atom. The molecule has 0 fully saturated rings. The van der Waals surface area contributed by atoms with E-state index in [2.05, 4.69) is 10.5 Å². The summed E-state index contributed by atoms with van der Waals surface area (Å²) in [4.78, 5) is 12.6. The number of nitrogens with zero attached hydrogens (tertiary/aromatic N) is 1. The lowest BCUT2D eigenvalue weighted by atomic mass is 10.2.